The molecule has 87 valence electrons. The predicted octanol–water partition coefficient (Wildman–Crippen LogP) is 0.790. The minimum atomic E-state index is -4.72. The average Bonchev–Trinajstić information content (AvgIpc) is 2.12. The lowest BCUT2D eigenvalue weighted by atomic mass is 10.1. The van der Waals surface area contributed by atoms with Crippen LogP contribution in [0.15, 0.2) is 12.1 Å². The van der Waals surface area contributed by atoms with Gasteiger partial charge in [0.05, 0.1) is 0 Å². The quantitative estimate of drug-likeness (QED) is 0.550. The van der Waals surface area contributed by atoms with Crippen molar-refractivity contribution in [3.63, 3.8) is 0 Å². The van der Waals surface area contributed by atoms with Crippen molar-refractivity contribution >= 4 is 28.0 Å². The van der Waals surface area contributed by atoms with Crippen molar-refractivity contribution in [1.82, 2.24) is 0 Å². The fourth-order valence-electron chi connectivity index (χ4n) is 1.05. The maximum atomic E-state index is 10.8. The van der Waals surface area contributed by atoms with Crippen LogP contribution in [0, 0.1) is 0 Å². The van der Waals surface area contributed by atoms with Crippen LogP contribution in [-0.4, -0.2) is 29.5 Å². The Balaban J connectivity index is 3.43. The van der Waals surface area contributed by atoms with Gasteiger partial charge >= 0.3 is 0 Å². The third-order valence-electron chi connectivity index (χ3n) is 1.78. The van der Waals surface area contributed by atoms with E-state index >= 15 is 0 Å². The van der Waals surface area contributed by atoms with Crippen LogP contribution in [0.25, 0.3) is 0 Å². The second-order valence-electron chi connectivity index (χ2n) is 2.88. The molecule has 1 unspecified atom stereocenters. The van der Waals surface area contributed by atoms with Crippen molar-refractivity contribution in [3.8, 4) is 11.5 Å². The molecule has 6 nitrogen and oxygen atoms in total. The van der Waals surface area contributed by atoms with Crippen LogP contribution < -0.4 is 0 Å². The van der Waals surface area contributed by atoms with Gasteiger partial charge in [-0.2, -0.15) is 8.42 Å². The topological polar surface area (TPSA) is 112 Å². The Bertz CT molecular complexity index is 524. The van der Waals surface area contributed by atoms with E-state index in [4.69, 9.17) is 26.4 Å². The maximum Gasteiger partial charge on any atom is 0.279 e. The average molecular weight is 266 g/mol. The fourth-order valence-corrected chi connectivity index (χ4v) is 2.02. The molecule has 0 heterocycles. The lowest BCUT2D eigenvalue weighted by Crippen LogP contribution is -2.13. The lowest BCUT2D eigenvalue weighted by molar-refractivity contribution is 0.403. The first-order valence-electron chi connectivity index (χ1n) is 3.82. The van der Waals surface area contributed by atoms with E-state index in [0.29, 0.717) is 0 Å². The van der Waals surface area contributed by atoms with E-state index in [-0.39, 0.29) is 10.6 Å². The molecule has 0 aliphatic carbocycles. The number of carbonyl (C=O) groups excluding carboxylic acids is 1. The van der Waals surface area contributed by atoms with Gasteiger partial charge in [0.2, 0.25) is 6.29 Å². The van der Waals surface area contributed by atoms with E-state index in [1.165, 1.54) is 0 Å². The molecular formula is C8H6ClO6S. The number of aromatic hydroxyl groups is 2. The molecule has 1 radical (unpaired) electrons. The van der Waals surface area contributed by atoms with E-state index < -0.39 is 26.9 Å². The highest BCUT2D eigenvalue weighted by atomic mass is 35.5. The Hall–Kier alpha value is -1.31. The summed E-state index contributed by atoms with van der Waals surface area (Å²) in [6.07, 6.45) is 1.08. The third-order valence-corrected chi connectivity index (χ3v) is 3.05. The number of phenolic OH excluding ortho intramolecular Hbond substituents is 2. The first-order chi connectivity index (χ1) is 7.27. The number of hydrogen-bond donors (Lipinski definition) is 3. The van der Waals surface area contributed by atoms with Crippen molar-refractivity contribution in [2.45, 2.75) is 5.25 Å². The Morgan fingerprint density at radius 2 is 1.75 bits per heavy atom. The van der Waals surface area contributed by atoms with Crippen LogP contribution in [0.1, 0.15) is 10.8 Å². The van der Waals surface area contributed by atoms with Crippen LogP contribution in [0.2, 0.25) is 5.02 Å². The van der Waals surface area contributed by atoms with Crippen molar-refractivity contribution in [2.75, 3.05) is 0 Å². The monoisotopic (exact) mass is 265 g/mol. The highest BCUT2D eigenvalue weighted by Gasteiger charge is 2.28. The molecular weight excluding hydrogens is 260 g/mol. The molecule has 0 amide bonds. The molecule has 1 aromatic rings. The number of halogens is 1. The molecule has 0 saturated heterocycles. The van der Waals surface area contributed by atoms with Gasteiger partial charge in [0.1, 0.15) is 0 Å². The van der Waals surface area contributed by atoms with E-state index in [1.807, 2.05) is 0 Å². The lowest BCUT2D eigenvalue weighted by Gasteiger charge is -2.09. The van der Waals surface area contributed by atoms with Crippen LogP contribution in [0.4, 0.5) is 0 Å². The van der Waals surface area contributed by atoms with Crippen molar-refractivity contribution in [2.24, 2.45) is 0 Å². The summed E-state index contributed by atoms with van der Waals surface area (Å²) in [4.78, 5) is 10.4. The Kier molecular flexibility index (Phi) is 3.41. The summed E-state index contributed by atoms with van der Waals surface area (Å²) < 4.78 is 30.3. The Morgan fingerprint density at radius 1 is 1.25 bits per heavy atom. The molecule has 0 spiro atoms. The van der Waals surface area contributed by atoms with Gasteiger partial charge in [-0.3, -0.25) is 9.35 Å². The summed E-state index contributed by atoms with van der Waals surface area (Å²) in [6, 6.07) is 1.61. The number of rotatable bonds is 3. The van der Waals surface area contributed by atoms with Crippen LogP contribution in [0.3, 0.4) is 0 Å². The summed E-state index contributed by atoms with van der Waals surface area (Å²) in [7, 11) is -4.72. The molecule has 0 bridgehead atoms. The molecule has 1 rings (SSSR count). The van der Waals surface area contributed by atoms with Crippen molar-refractivity contribution in [1.29, 1.82) is 0 Å². The molecule has 1 atom stereocenters. The Morgan fingerprint density at radius 3 is 2.19 bits per heavy atom. The van der Waals surface area contributed by atoms with Gasteiger partial charge in [0, 0.05) is 16.7 Å². The number of phenols is 2. The Labute approximate surface area is 95.8 Å². The summed E-state index contributed by atoms with van der Waals surface area (Å²) >= 11 is 5.56. The van der Waals surface area contributed by atoms with Gasteiger partial charge < -0.3 is 10.2 Å². The molecule has 0 saturated carbocycles. The van der Waals surface area contributed by atoms with E-state index in [9.17, 15) is 13.2 Å². The molecule has 0 aliphatic rings. The normalized spacial score (nSPS) is 13.4. The van der Waals surface area contributed by atoms with Gasteiger partial charge in [0.25, 0.3) is 10.1 Å². The van der Waals surface area contributed by atoms with E-state index in [0.717, 1.165) is 18.4 Å². The van der Waals surface area contributed by atoms with Crippen molar-refractivity contribution < 1.29 is 28.0 Å². The van der Waals surface area contributed by atoms with Gasteiger partial charge in [0.15, 0.2) is 16.7 Å². The van der Waals surface area contributed by atoms with Gasteiger partial charge in [-0.05, 0) is 6.07 Å². The minimum Gasteiger partial charge on any atom is -0.504 e. The third kappa shape index (κ3) is 2.43. The molecule has 16 heavy (non-hydrogen) atoms. The number of benzene rings is 1. The summed E-state index contributed by atoms with van der Waals surface area (Å²) in [6.45, 7) is 0. The summed E-state index contributed by atoms with van der Waals surface area (Å²) in [5.41, 5.74) is -0.366. The highest BCUT2D eigenvalue weighted by molar-refractivity contribution is 7.86. The molecule has 8 heteroatoms. The first-order valence-corrected chi connectivity index (χ1v) is 5.71. The highest BCUT2D eigenvalue weighted by Crippen LogP contribution is 2.35. The summed E-state index contributed by atoms with van der Waals surface area (Å²) in [5, 5.41) is 15.8. The standard InChI is InChI=1S/C8H6ClO6S/c9-5-2-7(12)6(11)1-4(5)8(3-10)16(13,14)15/h1-2,8,11-12H,(H,13,14,15). The number of hydrogen-bond acceptors (Lipinski definition) is 5. The smallest absolute Gasteiger partial charge is 0.279 e. The molecule has 0 aromatic heterocycles. The van der Waals surface area contributed by atoms with E-state index in [1.54, 1.807) is 0 Å². The molecule has 1 aromatic carbocycles. The maximum absolute atomic E-state index is 10.8. The minimum absolute atomic E-state index is 0.290. The second-order valence-corrected chi connectivity index (χ2v) is 4.78. The zero-order chi connectivity index (χ0) is 12.5. The molecule has 3 N–H and O–H groups in total. The molecule has 0 aliphatic heterocycles. The predicted molar refractivity (Wildman–Crippen MR) is 54.8 cm³/mol. The first kappa shape index (κ1) is 12.8. The molecule has 0 fully saturated rings. The van der Waals surface area contributed by atoms with Gasteiger partial charge in [-0.25, -0.2) is 0 Å². The van der Waals surface area contributed by atoms with Gasteiger partial charge in [-0.15, -0.1) is 0 Å². The van der Waals surface area contributed by atoms with Crippen LogP contribution in [0.5, 0.6) is 11.5 Å². The zero-order valence-electron chi connectivity index (χ0n) is 7.58. The van der Waals surface area contributed by atoms with Crippen LogP contribution >= 0.6 is 11.6 Å². The SMILES string of the molecule is O=[C]C(c1cc(O)c(O)cc1Cl)S(=O)(=O)O. The second kappa shape index (κ2) is 4.28. The zero-order valence-corrected chi connectivity index (χ0v) is 9.16. The van der Waals surface area contributed by atoms with Gasteiger partial charge in [-0.1, -0.05) is 11.6 Å². The summed E-state index contributed by atoms with van der Waals surface area (Å²) in [5.74, 6) is -1.24. The van der Waals surface area contributed by atoms with Crippen LogP contribution in [-0.2, 0) is 14.9 Å². The largest absolute Gasteiger partial charge is 0.504 e. The fraction of sp³-hybridized carbons (Fsp3) is 0.125. The van der Waals surface area contributed by atoms with Crippen molar-refractivity contribution in [3.05, 3.63) is 22.7 Å². The van der Waals surface area contributed by atoms with E-state index in [2.05, 4.69) is 0 Å².